The third kappa shape index (κ3) is 3.28. The first-order valence-corrected chi connectivity index (χ1v) is 6.39. The van der Waals surface area contributed by atoms with Gasteiger partial charge in [-0.25, -0.2) is 10.8 Å². The van der Waals surface area contributed by atoms with Crippen molar-refractivity contribution in [3.8, 4) is 11.3 Å². The Kier molecular flexibility index (Phi) is 4.10. The molecule has 0 saturated heterocycles. The molecule has 0 fully saturated rings. The number of carbonyl (C=O) groups excluding carboxylic acids is 2. The van der Waals surface area contributed by atoms with Gasteiger partial charge >= 0.3 is 11.8 Å². The number of benzene rings is 1. The first-order valence-electron chi connectivity index (χ1n) is 5.13. The largest absolute Gasteiger partial charge is 0.323 e. The third-order valence-corrected chi connectivity index (χ3v) is 3.21. The second kappa shape index (κ2) is 5.79. The zero-order chi connectivity index (χ0) is 13.8. The van der Waals surface area contributed by atoms with Crippen LogP contribution in [-0.4, -0.2) is 16.8 Å². The summed E-state index contributed by atoms with van der Waals surface area (Å²) in [5.74, 6) is 3.06. The van der Waals surface area contributed by atoms with Crippen molar-refractivity contribution < 1.29 is 9.59 Å². The summed E-state index contributed by atoms with van der Waals surface area (Å²) in [6.45, 7) is 0. The van der Waals surface area contributed by atoms with Gasteiger partial charge in [0.1, 0.15) is 0 Å². The Morgan fingerprint density at radius 1 is 1.21 bits per heavy atom. The van der Waals surface area contributed by atoms with E-state index in [1.165, 1.54) is 11.3 Å². The van der Waals surface area contributed by atoms with E-state index in [-0.39, 0.29) is 0 Å². The maximum Gasteiger partial charge on any atom is 0.323 e. The second-order valence-electron chi connectivity index (χ2n) is 3.47. The van der Waals surface area contributed by atoms with Crippen LogP contribution >= 0.6 is 22.9 Å². The molecule has 0 aliphatic heterocycles. The normalized spacial score (nSPS) is 10.0. The molecule has 0 bridgehead atoms. The van der Waals surface area contributed by atoms with Gasteiger partial charge in [-0.2, -0.15) is 0 Å². The van der Waals surface area contributed by atoms with Gasteiger partial charge in [-0.15, -0.1) is 11.3 Å². The van der Waals surface area contributed by atoms with Gasteiger partial charge in [0.05, 0.1) is 5.69 Å². The summed E-state index contributed by atoms with van der Waals surface area (Å²) in [5.41, 5.74) is 3.29. The fraction of sp³-hybridized carbons (Fsp3) is 0. The molecule has 2 aromatic rings. The van der Waals surface area contributed by atoms with Gasteiger partial charge < -0.3 is 0 Å². The molecule has 0 spiro atoms. The summed E-state index contributed by atoms with van der Waals surface area (Å²) in [7, 11) is 0. The van der Waals surface area contributed by atoms with Crippen molar-refractivity contribution in [2.24, 2.45) is 5.84 Å². The predicted octanol–water partition coefficient (Wildman–Crippen LogP) is 1.39. The van der Waals surface area contributed by atoms with Crippen LogP contribution in [0.2, 0.25) is 5.02 Å². The summed E-state index contributed by atoms with van der Waals surface area (Å²) in [5, 5.41) is 5.06. The lowest BCUT2D eigenvalue weighted by atomic mass is 10.2. The Morgan fingerprint density at radius 2 is 1.89 bits per heavy atom. The van der Waals surface area contributed by atoms with Crippen LogP contribution in [0.3, 0.4) is 0 Å². The second-order valence-corrected chi connectivity index (χ2v) is 4.77. The molecular weight excluding hydrogens is 288 g/mol. The van der Waals surface area contributed by atoms with Gasteiger partial charge in [0.25, 0.3) is 0 Å². The van der Waals surface area contributed by atoms with E-state index in [1.807, 2.05) is 12.1 Å². The molecule has 0 radical (unpaired) electrons. The van der Waals surface area contributed by atoms with E-state index in [1.54, 1.807) is 22.9 Å². The van der Waals surface area contributed by atoms with Gasteiger partial charge in [-0.05, 0) is 12.1 Å². The van der Waals surface area contributed by atoms with Crippen molar-refractivity contribution in [1.29, 1.82) is 0 Å². The van der Waals surface area contributed by atoms with Crippen molar-refractivity contribution in [1.82, 2.24) is 10.4 Å². The van der Waals surface area contributed by atoms with E-state index >= 15 is 0 Å². The smallest absolute Gasteiger partial charge is 0.294 e. The summed E-state index contributed by atoms with van der Waals surface area (Å²) in [6.07, 6.45) is 0. The molecule has 2 rings (SSSR count). The number of rotatable bonds is 2. The van der Waals surface area contributed by atoms with Crippen molar-refractivity contribution in [3.05, 3.63) is 34.7 Å². The van der Waals surface area contributed by atoms with Crippen LogP contribution in [0.15, 0.2) is 29.6 Å². The quantitative estimate of drug-likeness (QED) is 0.338. The minimum atomic E-state index is -0.928. The van der Waals surface area contributed by atoms with Gasteiger partial charge in [-0.1, -0.05) is 23.7 Å². The topological polar surface area (TPSA) is 97.1 Å². The van der Waals surface area contributed by atoms with Crippen molar-refractivity contribution in [2.45, 2.75) is 0 Å². The number of hydrazine groups is 1. The van der Waals surface area contributed by atoms with Crippen molar-refractivity contribution in [3.63, 3.8) is 0 Å². The molecule has 0 aliphatic carbocycles. The Bertz CT molecular complexity index is 611. The summed E-state index contributed by atoms with van der Waals surface area (Å²) < 4.78 is 0. The summed E-state index contributed by atoms with van der Waals surface area (Å²) >= 11 is 7.00. The molecule has 0 unspecified atom stereocenters. The number of carbonyl (C=O) groups is 2. The number of hydrogen-bond acceptors (Lipinski definition) is 5. The lowest BCUT2D eigenvalue weighted by Crippen LogP contribution is -2.39. The van der Waals surface area contributed by atoms with E-state index < -0.39 is 11.8 Å². The number of nitrogens with one attached hydrogen (secondary N) is 2. The fourth-order valence-corrected chi connectivity index (χ4v) is 2.14. The minimum Gasteiger partial charge on any atom is -0.294 e. The molecule has 1 aromatic heterocycles. The number of halogens is 1. The van der Waals surface area contributed by atoms with Crippen LogP contribution in [0.25, 0.3) is 11.3 Å². The van der Waals surface area contributed by atoms with Crippen molar-refractivity contribution >= 4 is 39.9 Å². The predicted molar refractivity (Wildman–Crippen MR) is 73.5 cm³/mol. The first-order chi connectivity index (χ1) is 9.10. The van der Waals surface area contributed by atoms with E-state index in [9.17, 15) is 9.59 Å². The third-order valence-electron chi connectivity index (χ3n) is 2.20. The van der Waals surface area contributed by atoms with Crippen LogP contribution in [0.4, 0.5) is 5.13 Å². The van der Waals surface area contributed by atoms with Gasteiger partial charge in [-0.3, -0.25) is 20.3 Å². The molecule has 1 aromatic carbocycles. The zero-order valence-corrected chi connectivity index (χ0v) is 11.1. The molecule has 0 atom stereocenters. The molecule has 0 saturated carbocycles. The van der Waals surface area contributed by atoms with Gasteiger partial charge in [0, 0.05) is 16.0 Å². The fourth-order valence-electron chi connectivity index (χ4n) is 1.30. The molecule has 19 heavy (non-hydrogen) atoms. The molecule has 98 valence electrons. The lowest BCUT2D eigenvalue weighted by Gasteiger charge is -1.99. The molecule has 4 N–H and O–H groups in total. The Balaban J connectivity index is 2.13. The Hall–Kier alpha value is -1.96. The van der Waals surface area contributed by atoms with Gasteiger partial charge in [0.2, 0.25) is 0 Å². The Labute approximate surface area is 117 Å². The highest BCUT2D eigenvalue weighted by molar-refractivity contribution is 7.14. The van der Waals surface area contributed by atoms with E-state index in [0.29, 0.717) is 15.8 Å². The standard InChI is InChI=1S/C11H9ClN4O2S/c12-7-3-1-6(2-4-7)8-5-19-11(14-8)15-9(17)10(18)16-13/h1-5H,13H2,(H,16,18)(H,14,15,17). The Morgan fingerprint density at radius 3 is 2.53 bits per heavy atom. The number of hydrogen-bond donors (Lipinski definition) is 3. The maximum atomic E-state index is 11.3. The van der Waals surface area contributed by atoms with E-state index in [4.69, 9.17) is 17.4 Å². The molecule has 6 nitrogen and oxygen atoms in total. The zero-order valence-electron chi connectivity index (χ0n) is 9.51. The number of thiazole rings is 1. The van der Waals surface area contributed by atoms with Crippen molar-refractivity contribution in [2.75, 3.05) is 5.32 Å². The molecule has 1 heterocycles. The van der Waals surface area contributed by atoms with Crippen LogP contribution in [0.1, 0.15) is 0 Å². The number of amides is 2. The lowest BCUT2D eigenvalue weighted by molar-refractivity contribution is -0.136. The van der Waals surface area contributed by atoms with Crippen LogP contribution in [-0.2, 0) is 9.59 Å². The molecule has 0 aliphatic rings. The summed E-state index contributed by atoms with van der Waals surface area (Å²) in [6, 6.07) is 7.12. The highest BCUT2D eigenvalue weighted by Gasteiger charge is 2.14. The van der Waals surface area contributed by atoms with E-state index in [0.717, 1.165) is 5.56 Å². The molecule has 2 amide bonds. The van der Waals surface area contributed by atoms with Gasteiger partial charge in [0.15, 0.2) is 5.13 Å². The van der Waals surface area contributed by atoms with Crippen LogP contribution < -0.4 is 16.6 Å². The van der Waals surface area contributed by atoms with Crippen LogP contribution in [0.5, 0.6) is 0 Å². The highest BCUT2D eigenvalue weighted by Crippen LogP contribution is 2.25. The molecule has 8 heteroatoms. The number of aromatic nitrogens is 1. The minimum absolute atomic E-state index is 0.318. The monoisotopic (exact) mass is 296 g/mol. The molecular formula is C11H9ClN4O2S. The van der Waals surface area contributed by atoms with E-state index in [2.05, 4.69) is 10.3 Å². The average Bonchev–Trinajstić information content (AvgIpc) is 2.87. The SMILES string of the molecule is NNC(=O)C(=O)Nc1nc(-c2ccc(Cl)cc2)cs1. The number of nitrogens with two attached hydrogens (primary N) is 1. The van der Waals surface area contributed by atoms with Crippen LogP contribution in [0, 0.1) is 0 Å². The first kappa shape index (κ1) is 13.5. The summed E-state index contributed by atoms with van der Waals surface area (Å²) in [4.78, 5) is 26.4. The maximum absolute atomic E-state index is 11.3. The number of nitrogens with zero attached hydrogens (tertiary/aromatic N) is 1. The number of anilines is 1. The average molecular weight is 297 g/mol. The highest BCUT2D eigenvalue weighted by atomic mass is 35.5.